The fourth-order valence-electron chi connectivity index (χ4n) is 4.07. The molecule has 2 aromatic rings. The Kier molecular flexibility index (Phi) is 5.37. The van der Waals surface area contributed by atoms with Crippen LogP contribution in [0.5, 0.6) is 0 Å². The molecule has 29 heavy (non-hydrogen) atoms. The second kappa shape index (κ2) is 7.81. The van der Waals surface area contributed by atoms with Crippen molar-refractivity contribution in [3.63, 3.8) is 0 Å². The van der Waals surface area contributed by atoms with Gasteiger partial charge in [-0.2, -0.15) is 0 Å². The van der Waals surface area contributed by atoms with Crippen LogP contribution in [-0.4, -0.2) is 21.5 Å². The lowest BCUT2D eigenvalue weighted by molar-refractivity contribution is 0.161. The van der Waals surface area contributed by atoms with Gasteiger partial charge in [0.2, 0.25) is 0 Å². The molecule has 0 bridgehead atoms. The molecule has 2 aromatic carbocycles. The van der Waals surface area contributed by atoms with Gasteiger partial charge in [-0.1, -0.05) is 42.0 Å². The van der Waals surface area contributed by atoms with Crippen molar-refractivity contribution in [3.05, 3.63) is 86.3 Å². The van der Waals surface area contributed by atoms with E-state index in [9.17, 15) is 0 Å². The molecule has 0 amide bonds. The molecule has 0 heterocycles. The van der Waals surface area contributed by atoms with E-state index in [0.29, 0.717) is 13.2 Å². The Balaban J connectivity index is 1.68. The summed E-state index contributed by atoms with van der Waals surface area (Å²) in [5.74, 6) is 0.965. The standard InChI is InChI=1S/C26H30O2Si/c1-18(2)22-12-13-24-23-9-7-6-8-19(23)17-25(24)26(22)20-10-11-21(16-20)27-14-15-28-29(3,4)5/h6-9,11-13,16-17H,10,14-15H2,1-5H3. The van der Waals surface area contributed by atoms with Crippen LogP contribution in [0.2, 0.25) is 19.6 Å². The van der Waals surface area contributed by atoms with E-state index in [4.69, 9.17) is 9.16 Å². The lowest BCUT2D eigenvalue weighted by Crippen LogP contribution is -2.27. The Morgan fingerprint density at radius 2 is 1.72 bits per heavy atom. The predicted molar refractivity (Wildman–Crippen MR) is 124 cm³/mol. The normalized spacial score (nSPS) is 14.7. The summed E-state index contributed by atoms with van der Waals surface area (Å²) in [6.45, 7) is 12.3. The number of benzene rings is 2. The topological polar surface area (TPSA) is 18.5 Å². The first kappa shape index (κ1) is 19.9. The van der Waals surface area contributed by atoms with Crippen LogP contribution in [0, 0.1) is 10.4 Å². The van der Waals surface area contributed by atoms with Gasteiger partial charge < -0.3 is 9.16 Å². The van der Waals surface area contributed by atoms with Crippen LogP contribution in [0.1, 0.15) is 31.4 Å². The third-order valence-electron chi connectivity index (χ3n) is 5.38. The van der Waals surface area contributed by atoms with Crippen molar-refractivity contribution in [2.75, 3.05) is 13.2 Å². The lowest BCUT2D eigenvalue weighted by Gasteiger charge is -2.17. The molecule has 3 heteroatoms. The quantitative estimate of drug-likeness (QED) is 0.434. The largest absolute Gasteiger partial charge is 0.492 e. The van der Waals surface area contributed by atoms with E-state index in [1.807, 2.05) is 0 Å². The van der Waals surface area contributed by atoms with Crippen molar-refractivity contribution < 1.29 is 9.16 Å². The van der Waals surface area contributed by atoms with Gasteiger partial charge in [0, 0.05) is 0 Å². The van der Waals surface area contributed by atoms with Gasteiger partial charge in [-0.25, -0.2) is 0 Å². The van der Waals surface area contributed by atoms with E-state index in [-0.39, 0.29) is 0 Å². The Hall–Kier alpha value is -2.36. The smallest absolute Gasteiger partial charge is 0.183 e. The zero-order valence-electron chi connectivity index (χ0n) is 18.1. The molecular weight excluding hydrogens is 372 g/mol. The number of hydrogen-bond donors (Lipinski definition) is 0. The Morgan fingerprint density at radius 3 is 2.48 bits per heavy atom. The third-order valence-corrected chi connectivity index (χ3v) is 6.45. The van der Waals surface area contributed by atoms with Gasteiger partial charge in [0.25, 0.3) is 0 Å². The molecule has 0 aliphatic heterocycles. The van der Waals surface area contributed by atoms with Crippen molar-refractivity contribution in [3.8, 4) is 0 Å². The first-order chi connectivity index (χ1) is 13.8. The molecule has 4 rings (SSSR count). The molecule has 0 unspecified atom stereocenters. The highest BCUT2D eigenvalue weighted by atomic mass is 28.4. The molecular formula is C26H30O2Si. The van der Waals surface area contributed by atoms with E-state index in [1.165, 1.54) is 43.1 Å². The highest BCUT2D eigenvalue weighted by molar-refractivity contribution is 6.69. The van der Waals surface area contributed by atoms with E-state index >= 15 is 0 Å². The summed E-state index contributed by atoms with van der Waals surface area (Å²) in [6.07, 6.45) is 7.66. The van der Waals surface area contributed by atoms with E-state index < -0.39 is 8.32 Å². The Bertz CT molecular complexity index is 1220. The SMILES string of the molecule is CC(C)=c1ccc2c(c1C1=CC(OCCO[Si](C)(C)C)=CC1)C=c1ccccc1=2. The van der Waals surface area contributed by atoms with Crippen molar-refractivity contribution in [2.24, 2.45) is 0 Å². The third kappa shape index (κ3) is 4.17. The second-order valence-corrected chi connectivity index (χ2v) is 13.5. The minimum absolute atomic E-state index is 0.607. The summed E-state index contributed by atoms with van der Waals surface area (Å²) in [5, 5.41) is 5.30. The molecule has 0 saturated carbocycles. The van der Waals surface area contributed by atoms with Gasteiger partial charge in [0.15, 0.2) is 8.32 Å². The van der Waals surface area contributed by atoms with Crippen LogP contribution in [0.15, 0.2) is 54.3 Å². The summed E-state index contributed by atoms with van der Waals surface area (Å²) >= 11 is 0. The average Bonchev–Trinajstić information content (AvgIpc) is 3.28. The maximum absolute atomic E-state index is 6.00. The monoisotopic (exact) mass is 402 g/mol. The molecule has 2 aliphatic rings. The highest BCUT2D eigenvalue weighted by Crippen LogP contribution is 2.30. The molecule has 2 nitrogen and oxygen atoms in total. The van der Waals surface area contributed by atoms with Crippen LogP contribution in [0.4, 0.5) is 0 Å². The van der Waals surface area contributed by atoms with Crippen molar-refractivity contribution in [1.29, 1.82) is 0 Å². The summed E-state index contributed by atoms with van der Waals surface area (Å²) in [4.78, 5) is 0. The zero-order valence-corrected chi connectivity index (χ0v) is 19.1. The van der Waals surface area contributed by atoms with Gasteiger partial charge in [-0.15, -0.1) is 0 Å². The second-order valence-electron chi connectivity index (χ2n) is 8.97. The first-order valence-electron chi connectivity index (χ1n) is 10.4. The van der Waals surface area contributed by atoms with Crippen LogP contribution in [0.3, 0.4) is 0 Å². The minimum atomic E-state index is -1.48. The number of fused-ring (bicyclic) bond motifs is 2. The van der Waals surface area contributed by atoms with Crippen LogP contribution in [-0.2, 0) is 9.16 Å². The van der Waals surface area contributed by atoms with Gasteiger partial charge >= 0.3 is 0 Å². The first-order valence-corrected chi connectivity index (χ1v) is 13.8. The Labute approximate surface area is 174 Å². The molecule has 0 radical (unpaired) electrons. The molecule has 2 aliphatic carbocycles. The maximum Gasteiger partial charge on any atom is 0.183 e. The predicted octanol–water partition coefficient (Wildman–Crippen LogP) is 4.85. The molecule has 150 valence electrons. The van der Waals surface area contributed by atoms with Crippen molar-refractivity contribution in [2.45, 2.75) is 39.9 Å². The summed E-state index contributed by atoms with van der Waals surface area (Å²) < 4.78 is 11.9. The summed E-state index contributed by atoms with van der Waals surface area (Å²) in [6, 6.07) is 13.2. The lowest BCUT2D eigenvalue weighted by atomic mass is 9.94. The zero-order chi connectivity index (χ0) is 20.6. The number of ether oxygens (including phenoxy) is 1. The maximum atomic E-state index is 6.00. The molecule has 0 saturated heterocycles. The minimum Gasteiger partial charge on any atom is -0.492 e. The van der Waals surface area contributed by atoms with E-state index in [2.05, 4.69) is 88.1 Å². The molecule has 0 atom stereocenters. The fraction of sp³-hybridized carbons (Fsp3) is 0.308. The number of hydrogen-bond acceptors (Lipinski definition) is 2. The van der Waals surface area contributed by atoms with Gasteiger partial charge in [0.1, 0.15) is 12.4 Å². The molecule has 0 aromatic heterocycles. The van der Waals surface area contributed by atoms with Gasteiger partial charge in [0.05, 0.1) is 6.61 Å². The number of allylic oxidation sites excluding steroid dienone is 3. The molecule has 0 fully saturated rings. The summed E-state index contributed by atoms with van der Waals surface area (Å²) in [5.41, 5.74) is 5.37. The summed E-state index contributed by atoms with van der Waals surface area (Å²) in [7, 11) is -1.48. The highest BCUT2D eigenvalue weighted by Gasteiger charge is 2.18. The van der Waals surface area contributed by atoms with Gasteiger partial charge in [-0.05, 0) is 95.7 Å². The van der Waals surface area contributed by atoms with Crippen LogP contribution < -0.4 is 10.4 Å². The van der Waals surface area contributed by atoms with Crippen LogP contribution in [0.25, 0.3) is 17.2 Å². The van der Waals surface area contributed by atoms with Gasteiger partial charge in [-0.3, -0.25) is 0 Å². The number of rotatable bonds is 6. The molecule has 0 N–H and O–H groups in total. The van der Waals surface area contributed by atoms with Crippen molar-refractivity contribution >= 4 is 25.5 Å². The van der Waals surface area contributed by atoms with E-state index in [1.54, 1.807) is 0 Å². The van der Waals surface area contributed by atoms with E-state index in [0.717, 1.165) is 12.2 Å². The Morgan fingerprint density at radius 1 is 0.931 bits per heavy atom. The van der Waals surface area contributed by atoms with Crippen LogP contribution >= 0.6 is 0 Å². The average molecular weight is 403 g/mol. The van der Waals surface area contributed by atoms with Crippen molar-refractivity contribution in [1.82, 2.24) is 0 Å². The fourth-order valence-corrected chi connectivity index (χ4v) is 4.77. The molecule has 0 spiro atoms.